The van der Waals surface area contributed by atoms with Crippen molar-refractivity contribution in [3.05, 3.63) is 35.9 Å². The van der Waals surface area contributed by atoms with E-state index in [0.29, 0.717) is 6.61 Å². The van der Waals surface area contributed by atoms with Crippen LogP contribution in [0.5, 0.6) is 0 Å². The van der Waals surface area contributed by atoms with Gasteiger partial charge in [-0.05, 0) is 24.3 Å². The van der Waals surface area contributed by atoms with Crippen molar-refractivity contribution in [1.29, 1.82) is 0 Å². The maximum Gasteiger partial charge on any atom is 0.0835 e. The molecule has 1 N–H and O–H groups in total. The molecule has 0 radical (unpaired) electrons. The van der Waals surface area contributed by atoms with Crippen LogP contribution in [0.25, 0.3) is 5.69 Å². The Bertz CT molecular complexity index is 627. The second-order valence-corrected chi connectivity index (χ2v) is 6.60. The molecule has 1 aliphatic rings. The number of hydrogen-bond acceptors (Lipinski definition) is 3. The van der Waals surface area contributed by atoms with Crippen molar-refractivity contribution in [2.75, 3.05) is 13.7 Å². The second kappa shape index (κ2) is 5.31. The number of fused-ring (bicyclic) bond motifs is 1. The summed E-state index contributed by atoms with van der Waals surface area (Å²) in [4.78, 5) is 0. The minimum atomic E-state index is -0.367. The summed E-state index contributed by atoms with van der Waals surface area (Å²) in [5, 5.41) is 14.7. The summed E-state index contributed by atoms with van der Waals surface area (Å²) in [6, 6.07) is 2.03. The fourth-order valence-corrected chi connectivity index (χ4v) is 3.16. The largest absolute Gasteiger partial charge is 0.388 e. The van der Waals surface area contributed by atoms with Gasteiger partial charge in [0.2, 0.25) is 0 Å². The third-order valence-corrected chi connectivity index (χ3v) is 4.20. The van der Waals surface area contributed by atoms with E-state index in [4.69, 9.17) is 4.74 Å². The molecule has 114 valence electrons. The van der Waals surface area contributed by atoms with Crippen molar-refractivity contribution in [3.63, 3.8) is 0 Å². The first-order valence-electron chi connectivity index (χ1n) is 7.40. The van der Waals surface area contributed by atoms with Gasteiger partial charge in [0.25, 0.3) is 0 Å². The topological polar surface area (TPSA) is 52.2 Å². The zero-order chi connectivity index (χ0) is 15.0. The fraction of sp³-hybridized carbons (Fsp3) is 0.562. The zero-order valence-corrected chi connectivity index (χ0v) is 12.9. The van der Waals surface area contributed by atoms with E-state index in [2.05, 4.69) is 23.5 Å². The average molecular weight is 289 g/mol. The molecule has 5 nitrogen and oxygen atoms in total. The van der Waals surface area contributed by atoms with Crippen molar-refractivity contribution < 1.29 is 9.84 Å². The van der Waals surface area contributed by atoms with Gasteiger partial charge in [0.15, 0.2) is 0 Å². The van der Waals surface area contributed by atoms with Crippen LogP contribution < -0.4 is 0 Å². The predicted molar refractivity (Wildman–Crippen MR) is 80.5 cm³/mol. The standard InChI is InChI=1S/C16H23N3O2/c1-16(2)8-14-13(15(20)9-16)4-5-19(14)12-10-17-18(11-12)6-7-21-3/h4-5,10-11,15,20H,6-9H2,1-3H3. The Balaban J connectivity index is 1.92. The smallest absolute Gasteiger partial charge is 0.0835 e. The fourth-order valence-electron chi connectivity index (χ4n) is 3.16. The van der Waals surface area contributed by atoms with Gasteiger partial charge in [-0.2, -0.15) is 5.10 Å². The SMILES string of the molecule is COCCn1cc(-n2ccc3c2CC(C)(C)CC3O)cn1. The molecule has 0 bridgehead atoms. The molecule has 0 saturated heterocycles. The van der Waals surface area contributed by atoms with Crippen LogP contribution in [0, 0.1) is 5.41 Å². The van der Waals surface area contributed by atoms with Gasteiger partial charge in [-0.25, -0.2) is 0 Å². The molecule has 1 aliphatic carbocycles. The highest BCUT2D eigenvalue weighted by Gasteiger charge is 2.33. The molecule has 1 atom stereocenters. The molecule has 5 heteroatoms. The Hall–Kier alpha value is -1.59. The van der Waals surface area contributed by atoms with Crippen LogP contribution in [-0.2, 0) is 17.7 Å². The molecule has 1 unspecified atom stereocenters. The molecule has 3 rings (SSSR count). The van der Waals surface area contributed by atoms with Crippen LogP contribution in [0.2, 0.25) is 0 Å². The maximum absolute atomic E-state index is 10.3. The average Bonchev–Trinajstić information content (AvgIpc) is 3.01. The lowest BCUT2D eigenvalue weighted by atomic mass is 9.75. The molecule has 2 aromatic heterocycles. The number of aliphatic hydroxyl groups is 1. The number of hydrogen-bond donors (Lipinski definition) is 1. The Labute approximate surface area is 125 Å². The zero-order valence-electron chi connectivity index (χ0n) is 12.9. The first-order valence-corrected chi connectivity index (χ1v) is 7.40. The summed E-state index contributed by atoms with van der Waals surface area (Å²) >= 11 is 0. The van der Waals surface area contributed by atoms with Crippen molar-refractivity contribution in [2.45, 2.75) is 39.3 Å². The lowest BCUT2D eigenvalue weighted by molar-refractivity contribution is 0.0987. The molecule has 0 spiro atoms. The van der Waals surface area contributed by atoms with E-state index < -0.39 is 0 Å². The number of ether oxygens (including phenoxy) is 1. The molecular formula is C16H23N3O2. The van der Waals surface area contributed by atoms with E-state index in [0.717, 1.165) is 30.6 Å². The summed E-state index contributed by atoms with van der Waals surface area (Å²) in [6.07, 6.45) is 7.34. The summed E-state index contributed by atoms with van der Waals surface area (Å²) in [5.74, 6) is 0. The summed E-state index contributed by atoms with van der Waals surface area (Å²) < 4.78 is 9.11. The quantitative estimate of drug-likeness (QED) is 0.940. The van der Waals surface area contributed by atoms with Gasteiger partial charge in [-0.15, -0.1) is 0 Å². The molecule has 2 aromatic rings. The lowest BCUT2D eigenvalue weighted by Crippen LogP contribution is -2.26. The highest BCUT2D eigenvalue weighted by atomic mass is 16.5. The van der Waals surface area contributed by atoms with Crippen molar-refractivity contribution >= 4 is 0 Å². The van der Waals surface area contributed by atoms with E-state index in [1.165, 1.54) is 5.69 Å². The van der Waals surface area contributed by atoms with Gasteiger partial charge in [0, 0.05) is 30.8 Å². The normalized spacial score (nSPS) is 20.5. The highest BCUT2D eigenvalue weighted by molar-refractivity contribution is 5.38. The van der Waals surface area contributed by atoms with E-state index in [1.54, 1.807) is 7.11 Å². The first kappa shape index (κ1) is 14.4. The second-order valence-electron chi connectivity index (χ2n) is 6.60. The number of methoxy groups -OCH3 is 1. The van der Waals surface area contributed by atoms with Gasteiger partial charge >= 0.3 is 0 Å². The minimum absolute atomic E-state index is 0.120. The Morgan fingerprint density at radius 3 is 3.05 bits per heavy atom. The van der Waals surface area contributed by atoms with Crippen LogP contribution >= 0.6 is 0 Å². The molecule has 0 saturated carbocycles. The van der Waals surface area contributed by atoms with Crippen LogP contribution in [0.1, 0.15) is 37.6 Å². The third kappa shape index (κ3) is 2.76. The predicted octanol–water partition coefficient (Wildman–Crippen LogP) is 2.33. The molecule has 0 aliphatic heterocycles. The van der Waals surface area contributed by atoms with Gasteiger partial charge in [0.1, 0.15) is 0 Å². The summed E-state index contributed by atoms with van der Waals surface area (Å²) in [5.41, 5.74) is 3.41. The maximum atomic E-state index is 10.3. The van der Waals surface area contributed by atoms with Crippen molar-refractivity contribution in [1.82, 2.24) is 14.3 Å². The Kier molecular flexibility index (Phi) is 3.63. The lowest BCUT2D eigenvalue weighted by Gasteiger charge is -2.33. The van der Waals surface area contributed by atoms with E-state index >= 15 is 0 Å². The molecule has 2 heterocycles. The Morgan fingerprint density at radius 1 is 1.48 bits per heavy atom. The summed E-state index contributed by atoms with van der Waals surface area (Å²) in [6.45, 7) is 5.81. The number of aliphatic hydroxyl groups excluding tert-OH is 1. The summed E-state index contributed by atoms with van der Waals surface area (Å²) in [7, 11) is 1.69. The van der Waals surface area contributed by atoms with Crippen molar-refractivity contribution in [2.24, 2.45) is 5.41 Å². The third-order valence-electron chi connectivity index (χ3n) is 4.20. The molecule has 0 fully saturated rings. The minimum Gasteiger partial charge on any atom is -0.388 e. The molecule has 21 heavy (non-hydrogen) atoms. The number of aromatic nitrogens is 3. The monoisotopic (exact) mass is 289 g/mol. The van der Waals surface area contributed by atoms with Crippen LogP contribution in [-0.4, -0.2) is 33.2 Å². The highest BCUT2D eigenvalue weighted by Crippen LogP contribution is 2.41. The van der Waals surface area contributed by atoms with Crippen LogP contribution in [0.4, 0.5) is 0 Å². The van der Waals surface area contributed by atoms with E-state index in [-0.39, 0.29) is 11.5 Å². The van der Waals surface area contributed by atoms with Crippen LogP contribution in [0.15, 0.2) is 24.7 Å². The number of nitrogens with zero attached hydrogens (tertiary/aromatic N) is 3. The molecular weight excluding hydrogens is 266 g/mol. The Morgan fingerprint density at radius 2 is 2.29 bits per heavy atom. The van der Waals surface area contributed by atoms with E-state index in [1.807, 2.05) is 29.3 Å². The molecule has 0 aromatic carbocycles. The van der Waals surface area contributed by atoms with Gasteiger partial charge in [-0.3, -0.25) is 4.68 Å². The van der Waals surface area contributed by atoms with Gasteiger partial charge < -0.3 is 14.4 Å². The van der Waals surface area contributed by atoms with Crippen molar-refractivity contribution in [3.8, 4) is 5.69 Å². The van der Waals surface area contributed by atoms with E-state index in [9.17, 15) is 5.11 Å². The van der Waals surface area contributed by atoms with Gasteiger partial charge in [-0.1, -0.05) is 13.8 Å². The van der Waals surface area contributed by atoms with Gasteiger partial charge in [0.05, 0.1) is 31.1 Å². The number of rotatable bonds is 4. The van der Waals surface area contributed by atoms with Crippen LogP contribution in [0.3, 0.4) is 0 Å². The first-order chi connectivity index (χ1) is 10.00. The molecule has 0 amide bonds.